The van der Waals surface area contributed by atoms with E-state index in [1.807, 2.05) is 18.2 Å². The van der Waals surface area contributed by atoms with Crippen LogP contribution < -0.4 is 10.6 Å². The summed E-state index contributed by atoms with van der Waals surface area (Å²) in [6.07, 6.45) is 3.29. The van der Waals surface area contributed by atoms with E-state index in [1.165, 1.54) is 12.1 Å². The predicted octanol–water partition coefficient (Wildman–Crippen LogP) is 5.06. The molecule has 0 saturated heterocycles. The zero-order valence-electron chi connectivity index (χ0n) is 13.8. The number of H-pyrrole nitrogens is 1. The van der Waals surface area contributed by atoms with Gasteiger partial charge in [0.1, 0.15) is 0 Å². The van der Waals surface area contributed by atoms with Gasteiger partial charge >= 0.3 is 6.03 Å². The summed E-state index contributed by atoms with van der Waals surface area (Å²) >= 11 is 5.71. The van der Waals surface area contributed by atoms with Gasteiger partial charge in [-0.1, -0.05) is 29.8 Å². The molecule has 6 nitrogen and oxygen atoms in total. The van der Waals surface area contributed by atoms with Crippen LogP contribution in [0.5, 0.6) is 0 Å². The van der Waals surface area contributed by atoms with E-state index in [1.54, 1.807) is 30.7 Å². The highest BCUT2D eigenvalue weighted by molar-refractivity contribution is 6.31. The first-order valence-corrected chi connectivity index (χ1v) is 8.40. The Morgan fingerprint density at radius 3 is 2.67 bits per heavy atom. The van der Waals surface area contributed by atoms with E-state index in [2.05, 4.69) is 25.6 Å². The second-order valence-electron chi connectivity index (χ2n) is 5.72. The summed E-state index contributed by atoms with van der Waals surface area (Å²) in [6, 6.07) is 13.0. The van der Waals surface area contributed by atoms with E-state index in [4.69, 9.17) is 11.6 Å². The molecule has 2 aromatic carbocycles. The average Bonchev–Trinajstić information content (AvgIpc) is 3.15. The molecule has 27 heavy (non-hydrogen) atoms. The number of halogens is 2. The number of urea groups is 1. The molecule has 2 aromatic heterocycles. The number of rotatable bonds is 3. The lowest BCUT2D eigenvalue weighted by Gasteiger charge is -2.10. The van der Waals surface area contributed by atoms with Crippen LogP contribution in [0.2, 0.25) is 5.02 Å². The van der Waals surface area contributed by atoms with Crippen molar-refractivity contribution in [2.24, 2.45) is 0 Å². The van der Waals surface area contributed by atoms with E-state index in [0.29, 0.717) is 11.3 Å². The lowest BCUT2D eigenvalue weighted by molar-refractivity contribution is 0.262. The molecular formula is C19H13ClFN5O. The van der Waals surface area contributed by atoms with Crippen molar-refractivity contribution in [2.45, 2.75) is 0 Å². The molecule has 4 aromatic rings. The summed E-state index contributed by atoms with van der Waals surface area (Å²) < 4.78 is 13.9. The highest BCUT2D eigenvalue weighted by Gasteiger charge is 2.10. The van der Waals surface area contributed by atoms with E-state index in [0.717, 1.165) is 16.6 Å². The van der Waals surface area contributed by atoms with Crippen LogP contribution in [-0.2, 0) is 0 Å². The van der Waals surface area contributed by atoms with Crippen molar-refractivity contribution in [1.29, 1.82) is 0 Å². The molecular weight excluding hydrogens is 369 g/mol. The summed E-state index contributed by atoms with van der Waals surface area (Å²) in [6.45, 7) is 0. The third-order valence-corrected chi connectivity index (χ3v) is 4.27. The average molecular weight is 382 g/mol. The molecule has 134 valence electrons. The van der Waals surface area contributed by atoms with Crippen LogP contribution in [0.1, 0.15) is 0 Å². The maximum absolute atomic E-state index is 13.9. The summed E-state index contributed by atoms with van der Waals surface area (Å²) in [5, 5.41) is 5.04. The Hall–Kier alpha value is -3.45. The molecule has 0 aliphatic heterocycles. The summed E-state index contributed by atoms with van der Waals surface area (Å²) in [4.78, 5) is 23.5. The van der Waals surface area contributed by atoms with Gasteiger partial charge in [-0.15, -0.1) is 0 Å². The third-order valence-electron chi connectivity index (χ3n) is 3.98. The normalized spacial score (nSPS) is 10.7. The Balaban J connectivity index is 1.50. The molecule has 2 amide bonds. The van der Waals surface area contributed by atoms with Gasteiger partial charge in [0.15, 0.2) is 11.5 Å². The number of amides is 2. The molecule has 0 bridgehead atoms. The summed E-state index contributed by atoms with van der Waals surface area (Å²) in [7, 11) is 0. The second kappa shape index (κ2) is 7.05. The van der Waals surface area contributed by atoms with Gasteiger partial charge in [0.25, 0.3) is 0 Å². The van der Waals surface area contributed by atoms with Gasteiger partial charge in [-0.2, -0.15) is 0 Å². The van der Waals surface area contributed by atoms with Crippen molar-refractivity contribution in [3.05, 3.63) is 71.9 Å². The quantitative estimate of drug-likeness (QED) is 0.463. The number of hydrogen-bond acceptors (Lipinski definition) is 3. The lowest BCUT2D eigenvalue weighted by Crippen LogP contribution is -2.20. The van der Waals surface area contributed by atoms with Crippen LogP contribution in [0.4, 0.5) is 20.6 Å². The molecule has 8 heteroatoms. The molecule has 0 spiro atoms. The van der Waals surface area contributed by atoms with Crippen LogP contribution in [0.3, 0.4) is 0 Å². The van der Waals surface area contributed by atoms with Gasteiger partial charge in [0.2, 0.25) is 0 Å². The van der Waals surface area contributed by atoms with Gasteiger partial charge in [-0.25, -0.2) is 19.2 Å². The fourth-order valence-corrected chi connectivity index (χ4v) is 2.88. The van der Waals surface area contributed by atoms with Crippen molar-refractivity contribution in [3.63, 3.8) is 0 Å². The first-order valence-electron chi connectivity index (χ1n) is 8.02. The smallest absolute Gasteiger partial charge is 0.323 e. The number of nitrogens with zero attached hydrogens (tertiary/aromatic N) is 2. The van der Waals surface area contributed by atoms with Crippen molar-refractivity contribution in [1.82, 2.24) is 15.0 Å². The van der Waals surface area contributed by atoms with E-state index >= 15 is 0 Å². The van der Waals surface area contributed by atoms with Gasteiger partial charge < -0.3 is 15.6 Å². The van der Waals surface area contributed by atoms with Crippen LogP contribution in [0, 0.1) is 5.82 Å². The largest absolute Gasteiger partial charge is 0.343 e. The van der Waals surface area contributed by atoms with E-state index < -0.39 is 11.8 Å². The van der Waals surface area contributed by atoms with Crippen molar-refractivity contribution in [2.75, 3.05) is 10.6 Å². The first kappa shape index (κ1) is 17.0. The standard InChI is InChI=1S/C19H13ClFN5O/c20-14-2-1-3-15(16(14)21)26-19(27)25-12-6-4-11(5-7-12)13-8-9-22-18-17(13)23-10-24-18/h1-10H,(H,22,23,24)(H2,25,26,27). The second-order valence-corrected chi connectivity index (χ2v) is 6.12. The fourth-order valence-electron chi connectivity index (χ4n) is 2.71. The Morgan fingerprint density at radius 2 is 1.85 bits per heavy atom. The molecule has 0 atom stereocenters. The molecule has 0 saturated carbocycles. The number of anilines is 2. The number of nitrogens with one attached hydrogen (secondary N) is 3. The maximum Gasteiger partial charge on any atom is 0.323 e. The maximum atomic E-state index is 13.9. The molecule has 0 aliphatic carbocycles. The molecule has 4 rings (SSSR count). The molecule has 0 fully saturated rings. The zero-order chi connectivity index (χ0) is 18.8. The van der Waals surface area contributed by atoms with Gasteiger partial charge in [-0.3, -0.25) is 0 Å². The highest BCUT2D eigenvalue weighted by atomic mass is 35.5. The third kappa shape index (κ3) is 3.45. The number of fused-ring (bicyclic) bond motifs is 1. The minimum absolute atomic E-state index is 0.00930. The number of benzene rings is 2. The van der Waals surface area contributed by atoms with Crippen LogP contribution >= 0.6 is 11.6 Å². The lowest BCUT2D eigenvalue weighted by atomic mass is 10.1. The number of pyridine rings is 1. The van der Waals surface area contributed by atoms with Crippen LogP contribution in [-0.4, -0.2) is 21.0 Å². The van der Waals surface area contributed by atoms with Crippen molar-refractivity contribution < 1.29 is 9.18 Å². The number of carbonyl (C=O) groups is 1. The Bertz CT molecular complexity index is 1130. The predicted molar refractivity (Wildman–Crippen MR) is 103 cm³/mol. The minimum atomic E-state index is -0.675. The molecule has 0 radical (unpaired) electrons. The SMILES string of the molecule is O=C(Nc1ccc(-c2ccnc3nc[nH]c23)cc1)Nc1cccc(Cl)c1F. The number of aromatic nitrogens is 3. The molecule has 2 heterocycles. The fraction of sp³-hybridized carbons (Fsp3) is 0. The van der Waals surface area contributed by atoms with Gasteiger partial charge in [0.05, 0.1) is 22.6 Å². The molecule has 0 unspecified atom stereocenters. The Kier molecular flexibility index (Phi) is 4.43. The zero-order valence-corrected chi connectivity index (χ0v) is 14.6. The number of aromatic amines is 1. The van der Waals surface area contributed by atoms with Crippen LogP contribution in [0.15, 0.2) is 61.1 Å². The number of imidazole rings is 1. The van der Waals surface area contributed by atoms with E-state index in [9.17, 15) is 9.18 Å². The highest BCUT2D eigenvalue weighted by Crippen LogP contribution is 2.27. The number of hydrogen-bond donors (Lipinski definition) is 3. The summed E-state index contributed by atoms with van der Waals surface area (Å²) in [5.74, 6) is -0.675. The van der Waals surface area contributed by atoms with Crippen molar-refractivity contribution in [3.8, 4) is 11.1 Å². The summed E-state index contributed by atoms with van der Waals surface area (Å²) in [5.41, 5.74) is 3.95. The van der Waals surface area contributed by atoms with E-state index in [-0.39, 0.29) is 10.7 Å². The Labute approximate surface area is 158 Å². The first-order chi connectivity index (χ1) is 13.1. The molecule has 0 aliphatic rings. The van der Waals surface area contributed by atoms with Gasteiger partial charge in [0, 0.05) is 17.4 Å². The van der Waals surface area contributed by atoms with Gasteiger partial charge in [-0.05, 0) is 35.9 Å². The van der Waals surface area contributed by atoms with Crippen LogP contribution in [0.25, 0.3) is 22.3 Å². The monoisotopic (exact) mass is 381 g/mol. The number of carbonyl (C=O) groups excluding carboxylic acids is 1. The Morgan fingerprint density at radius 1 is 1.04 bits per heavy atom. The van der Waals surface area contributed by atoms with Crippen molar-refractivity contribution >= 4 is 40.2 Å². The molecule has 3 N–H and O–H groups in total. The topological polar surface area (TPSA) is 82.7 Å². The minimum Gasteiger partial charge on any atom is -0.343 e.